The van der Waals surface area contributed by atoms with Gasteiger partial charge in [-0.15, -0.1) is 11.3 Å². The van der Waals surface area contributed by atoms with Gasteiger partial charge in [-0.1, -0.05) is 51.5 Å². The number of likely N-dealkylation sites (N-methyl/N-ethyl adjacent to an activating group) is 1. The molecule has 0 unspecified atom stereocenters. The number of anilines is 1. The SMILES string of the molecule is Cc1ccc(-n2c(SCC(=O)Nc3cccc(Br)c3)nc3sc4c(c3c2=O)CCN(C)C4)cc1. The van der Waals surface area contributed by atoms with Crippen LogP contribution in [-0.2, 0) is 17.8 Å². The summed E-state index contributed by atoms with van der Waals surface area (Å²) in [6.07, 6.45) is 0.845. The Balaban J connectivity index is 1.53. The summed E-state index contributed by atoms with van der Waals surface area (Å²) < 4.78 is 2.55. The summed E-state index contributed by atoms with van der Waals surface area (Å²) in [5.41, 5.74) is 3.65. The van der Waals surface area contributed by atoms with Crippen LogP contribution in [0.3, 0.4) is 0 Å². The molecule has 0 bridgehead atoms. The number of benzene rings is 2. The Morgan fingerprint density at radius 3 is 2.79 bits per heavy atom. The molecule has 0 aliphatic carbocycles. The highest BCUT2D eigenvalue weighted by molar-refractivity contribution is 9.10. The molecule has 0 spiro atoms. The minimum absolute atomic E-state index is 0.0641. The molecule has 1 aliphatic heterocycles. The highest BCUT2D eigenvalue weighted by Crippen LogP contribution is 2.34. The summed E-state index contributed by atoms with van der Waals surface area (Å²) in [5, 5.41) is 4.15. The summed E-state index contributed by atoms with van der Waals surface area (Å²) in [6.45, 7) is 3.77. The van der Waals surface area contributed by atoms with E-state index in [0.29, 0.717) is 5.16 Å². The Kier molecular flexibility index (Phi) is 6.61. The molecule has 1 aliphatic rings. The largest absolute Gasteiger partial charge is 0.325 e. The summed E-state index contributed by atoms with van der Waals surface area (Å²) in [4.78, 5) is 35.6. The topological polar surface area (TPSA) is 67.2 Å². The average Bonchev–Trinajstić information content (AvgIpc) is 3.16. The third-order valence-corrected chi connectivity index (χ3v) is 8.31. The van der Waals surface area contributed by atoms with E-state index in [-0.39, 0.29) is 17.2 Å². The van der Waals surface area contributed by atoms with Crippen molar-refractivity contribution in [2.75, 3.05) is 24.7 Å². The fourth-order valence-corrected chi connectivity index (χ4v) is 6.62. The summed E-state index contributed by atoms with van der Waals surface area (Å²) in [6, 6.07) is 15.3. The first-order valence-corrected chi connectivity index (χ1v) is 13.5. The van der Waals surface area contributed by atoms with Crippen molar-refractivity contribution in [3.05, 3.63) is 79.4 Å². The van der Waals surface area contributed by atoms with Crippen LogP contribution in [0.2, 0.25) is 0 Å². The molecule has 6 nitrogen and oxygen atoms in total. The van der Waals surface area contributed by atoms with Gasteiger partial charge in [0.25, 0.3) is 5.56 Å². The van der Waals surface area contributed by atoms with Crippen LogP contribution in [0.1, 0.15) is 16.0 Å². The first-order valence-electron chi connectivity index (χ1n) is 10.9. The smallest absolute Gasteiger partial charge is 0.267 e. The van der Waals surface area contributed by atoms with E-state index in [4.69, 9.17) is 4.98 Å². The second kappa shape index (κ2) is 9.65. The van der Waals surface area contributed by atoms with Crippen LogP contribution in [0, 0.1) is 6.92 Å². The highest BCUT2D eigenvalue weighted by Gasteiger charge is 2.24. The number of halogens is 1. The molecule has 34 heavy (non-hydrogen) atoms. The minimum atomic E-state index is -0.153. The van der Waals surface area contributed by atoms with Crippen molar-refractivity contribution in [3.8, 4) is 5.69 Å². The number of hydrogen-bond acceptors (Lipinski definition) is 6. The van der Waals surface area contributed by atoms with E-state index in [0.717, 1.165) is 56.7 Å². The number of aryl methyl sites for hydroxylation is 1. The second-order valence-electron chi connectivity index (χ2n) is 8.39. The zero-order chi connectivity index (χ0) is 23.8. The lowest BCUT2D eigenvalue weighted by Gasteiger charge is -2.21. The van der Waals surface area contributed by atoms with Crippen LogP contribution in [0.15, 0.2) is 63.0 Å². The van der Waals surface area contributed by atoms with Crippen molar-refractivity contribution in [1.29, 1.82) is 0 Å². The number of amides is 1. The Morgan fingerprint density at radius 2 is 2.03 bits per heavy atom. The maximum Gasteiger partial charge on any atom is 0.267 e. The minimum Gasteiger partial charge on any atom is -0.325 e. The van der Waals surface area contributed by atoms with E-state index in [1.54, 1.807) is 15.9 Å². The lowest BCUT2D eigenvalue weighted by atomic mass is 10.1. The predicted octanol–water partition coefficient (Wildman–Crippen LogP) is 5.24. The van der Waals surface area contributed by atoms with Crippen molar-refractivity contribution in [2.45, 2.75) is 25.0 Å². The van der Waals surface area contributed by atoms with Gasteiger partial charge in [-0.2, -0.15) is 0 Å². The Bertz CT molecular complexity index is 1450. The van der Waals surface area contributed by atoms with Gasteiger partial charge >= 0.3 is 0 Å². The molecule has 2 aromatic heterocycles. The molecule has 9 heteroatoms. The van der Waals surface area contributed by atoms with Crippen LogP contribution < -0.4 is 10.9 Å². The van der Waals surface area contributed by atoms with E-state index in [1.807, 2.05) is 55.5 Å². The molecule has 2 aromatic carbocycles. The van der Waals surface area contributed by atoms with Gasteiger partial charge in [0, 0.05) is 28.1 Å². The molecule has 5 rings (SSSR count). The Morgan fingerprint density at radius 1 is 1.24 bits per heavy atom. The number of rotatable bonds is 5. The molecule has 0 fully saturated rings. The predicted molar refractivity (Wildman–Crippen MR) is 143 cm³/mol. The van der Waals surface area contributed by atoms with Gasteiger partial charge < -0.3 is 10.2 Å². The van der Waals surface area contributed by atoms with Crippen molar-refractivity contribution in [1.82, 2.24) is 14.5 Å². The first-order chi connectivity index (χ1) is 16.4. The van der Waals surface area contributed by atoms with Gasteiger partial charge in [-0.25, -0.2) is 4.98 Å². The van der Waals surface area contributed by atoms with Crippen molar-refractivity contribution >= 4 is 60.8 Å². The van der Waals surface area contributed by atoms with Gasteiger partial charge in [0.1, 0.15) is 4.83 Å². The molecule has 0 saturated carbocycles. The van der Waals surface area contributed by atoms with Crippen LogP contribution in [0.25, 0.3) is 15.9 Å². The molecule has 3 heterocycles. The lowest BCUT2D eigenvalue weighted by Crippen LogP contribution is -2.27. The van der Waals surface area contributed by atoms with E-state index in [9.17, 15) is 9.59 Å². The van der Waals surface area contributed by atoms with Crippen molar-refractivity contribution < 1.29 is 4.79 Å². The van der Waals surface area contributed by atoms with Crippen LogP contribution in [0.4, 0.5) is 5.69 Å². The van der Waals surface area contributed by atoms with E-state index in [2.05, 4.69) is 33.2 Å². The zero-order valence-corrected chi connectivity index (χ0v) is 22.0. The fraction of sp³-hybridized carbons (Fsp3) is 0.240. The molecule has 1 amide bonds. The van der Waals surface area contributed by atoms with Crippen molar-refractivity contribution in [2.24, 2.45) is 0 Å². The van der Waals surface area contributed by atoms with E-state index in [1.165, 1.54) is 16.6 Å². The molecule has 174 valence electrons. The maximum atomic E-state index is 13.8. The van der Waals surface area contributed by atoms with Crippen LogP contribution >= 0.6 is 39.0 Å². The van der Waals surface area contributed by atoms with Crippen LogP contribution in [-0.4, -0.2) is 39.7 Å². The number of thiophene rings is 1. The van der Waals surface area contributed by atoms with Gasteiger partial charge in [-0.05, 0) is 56.3 Å². The van der Waals surface area contributed by atoms with Crippen molar-refractivity contribution in [3.63, 3.8) is 0 Å². The summed E-state index contributed by atoms with van der Waals surface area (Å²) >= 11 is 6.29. The Hall–Kier alpha value is -2.46. The number of nitrogens with zero attached hydrogens (tertiary/aromatic N) is 3. The number of fused-ring (bicyclic) bond motifs is 3. The average molecular weight is 556 g/mol. The number of thioether (sulfide) groups is 1. The van der Waals surface area contributed by atoms with Gasteiger partial charge in [-0.3, -0.25) is 14.2 Å². The highest BCUT2D eigenvalue weighted by atomic mass is 79.9. The van der Waals surface area contributed by atoms with E-state index >= 15 is 0 Å². The number of carbonyl (C=O) groups excluding carboxylic acids is 1. The Labute approximate surface area is 214 Å². The zero-order valence-electron chi connectivity index (χ0n) is 18.8. The summed E-state index contributed by atoms with van der Waals surface area (Å²) in [7, 11) is 2.09. The lowest BCUT2D eigenvalue weighted by molar-refractivity contribution is -0.113. The molecule has 4 aromatic rings. The third-order valence-electron chi connectivity index (χ3n) is 5.77. The number of nitrogens with one attached hydrogen (secondary N) is 1. The molecule has 0 radical (unpaired) electrons. The molecular weight excluding hydrogens is 532 g/mol. The monoisotopic (exact) mass is 554 g/mol. The van der Waals surface area contributed by atoms with Gasteiger partial charge in [0.2, 0.25) is 5.91 Å². The quantitative estimate of drug-likeness (QED) is 0.270. The fourth-order valence-electron chi connectivity index (χ4n) is 4.06. The summed E-state index contributed by atoms with van der Waals surface area (Å²) in [5.74, 6) is -0.00977. The first kappa shape index (κ1) is 23.3. The van der Waals surface area contributed by atoms with Gasteiger partial charge in [0.05, 0.1) is 16.8 Å². The third kappa shape index (κ3) is 4.70. The molecule has 1 N–H and O–H groups in total. The van der Waals surface area contributed by atoms with Crippen LogP contribution in [0.5, 0.6) is 0 Å². The second-order valence-corrected chi connectivity index (χ2v) is 11.3. The number of hydrogen-bond donors (Lipinski definition) is 1. The number of aromatic nitrogens is 2. The number of carbonyl (C=O) groups is 1. The molecule has 0 saturated heterocycles. The molecule has 0 atom stereocenters. The standard InChI is InChI=1S/C25H23BrN4O2S2/c1-15-6-8-18(9-7-15)30-24(32)22-19-10-11-29(2)13-20(19)34-23(22)28-25(30)33-14-21(31)27-17-5-3-4-16(26)12-17/h3-9,12H,10-11,13-14H2,1-2H3,(H,27,31). The van der Waals surface area contributed by atoms with E-state index < -0.39 is 0 Å². The maximum absolute atomic E-state index is 13.8. The van der Waals surface area contributed by atoms with Gasteiger partial charge in [0.15, 0.2) is 5.16 Å². The molecular formula is C25H23BrN4O2S2. The normalized spacial score (nSPS) is 13.7.